The Kier molecular flexibility index (Phi) is 4.26. The number of carbonyl (C=O) groups is 1. The zero-order chi connectivity index (χ0) is 18.1. The molecular formula is C20H20N4O2. The van der Waals surface area contributed by atoms with Crippen molar-refractivity contribution in [2.24, 2.45) is 0 Å². The average molecular weight is 348 g/mol. The first kappa shape index (κ1) is 16.5. The molecule has 26 heavy (non-hydrogen) atoms. The topological polar surface area (TPSA) is 78.1 Å². The van der Waals surface area contributed by atoms with Crippen LogP contribution in [0.15, 0.2) is 53.6 Å². The standard InChI is InChI=1S/C20H20N4O2/c1-13(24-9-8-14-4-2-3-5-15(14)11-24)19(25)23-16-6-7-18-17(10-16)20(26)22-12-21-18/h2-7,10,12-13H,8-9,11H2,1H3,(H,23,25)(H,21,22,26). The molecule has 2 aromatic carbocycles. The number of nitrogens with one attached hydrogen (secondary N) is 2. The lowest BCUT2D eigenvalue weighted by Gasteiger charge is -2.32. The maximum Gasteiger partial charge on any atom is 0.258 e. The molecule has 1 aliphatic rings. The summed E-state index contributed by atoms with van der Waals surface area (Å²) in [5.41, 5.74) is 3.63. The predicted octanol–water partition coefficient (Wildman–Crippen LogP) is 2.31. The van der Waals surface area contributed by atoms with Crippen LogP contribution in [0.4, 0.5) is 5.69 Å². The lowest BCUT2D eigenvalue weighted by Crippen LogP contribution is -2.44. The van der Waals surface area contributed by atoms with Gasteiger partial charge in [0.05, 0.1) is 23.3 Å². The van der Waals surface area contributed by atoms with Gasteiger partial charge < -0.3 is 10.3 Å². The van der Waals surface area contributed by atoms with Gasteiger partial charge >= 0.3 is 0 Å². The molecule has 132 valence electrons. The van der Waals surface area contributed by atoms with Gasteiger partial charge in [-0.25, -0.2) is 4.98 Å². The molecule has 1 amide bonds. The van der Waals surface area contributed by atoms with Gasteiger partial charge in [-0.1, -0.05) is 24.3 Å². The lowest BCUT2D eigenvalue weighted by atomic mass is 9.99. The molecule has 0 spiro atoms. The zero-order valence-corrected chi connectivity index (χ0v) is 14.5. The SMILES string of the molecule is CC(C(=O)Nc1ccc2nc[nH]c(=O)c2c1)N1CCc2ccccc2C1. The first-order chi connectivity index (χ1) is 12.6. The molecule has 0 fully saturated rings. The van der Waals surface area contributed by atoms with Gasteiger partial charge in [-0.05, 0) is 42.7 Å². The molecule has 2 heterocycles. The molecule has 3 aromatic rings. The Balaban J connectivity index is 1.50. The van der Waals surface area contributed by atoms with Crippen molar-refractivity contribution >= 4 is 22.5 Å². The van der Waals surface area contributed by atoms with Gasteiger partial charge in [-0.15, -0.1) is 0 Å². The molecule has 0 bridgehead atoms. The molecular weight excluding hydrogens is 328 g/mol. The van der Waals surface area contributed by atoms with E-state index in [2.05, 4.69) is 38.4 Å². The van der Waals surface area contributed by atoms with Crippen molar-refractivity contribution in [2.75, 3.05) is 11.9 Å². The van der Waals surface area contributed by atoms with Crippen molar-refractivity contribution in [2.45, 2.75) is 25.9 Å². The summed E-state index contributed by atoms with van der Waals surface area (Å²) in [5.74, 6) is -0.0796. The van der Waals surface area contributed by atoms with Gasteiger partial charge in [0.15, 0.2) is 0 Å². The Morgan fingerprint density at radius 2 is 2.04 bits per heavy atom. The number of fused-ring (bicyclic) bond motifs is 2. The second kappa shape index (κ2) is 6.72. The van der Waals surface area contributed by atoms with Crippen molar-refractivity contribution in [3.05, 3.63) is 70.3 Å². The highest BCUT2D eigenvalue weighted by atomic mass is 16.2. The van der Waals surface area contributed by atoms with Crippen molar-refractivity contribution in [1.82, 2.24) is 14.9 Å². The summed E-state index contributed by atoms with van der Waals surface area (Å²) < 4.78 is 0. The van der Waals surface area contributed by atoms with E-state index < -0.39 is 0 Å². The van der Waals surface area contributed by atoms with Gasteiger partial charge in [0.1, 0.15) is 0 Å². The molecule has 6 heteroatoms. The normalized spacial score (nSPS) is 15.4. The van der Waals surface area contributed by atoms with E-state index in [0.29, 0.717) is 16.6 Å². The maximum absolute atomic E-state index is 12.7. The molecule has 2 N–H and O–H groups in total. The van der Waals surface area contributed by atoms with Crippen LogP contribution in [0.1, 0.15) is 18.1 Å². The number of carbonyl (C=O) groups excluding carboxylic acids is 1. The second-order valence-corrected chi connectivity index (χ2v) is 6.62. The van der Waals surface area contributed by atoms with E-state index in [1.54, 1.807) is 18.2 Å². The monoisotopic (exact) mass is 348 g/mol. The highest BCUT2D eigenvalue weighted by Gasteiger charge is 2.25. The Labute approximate surface area is 150 Å². The van der Waals surface area contributed by atoms with Crippen molar-refractivity contribution < 1.29 is 4.79 Å². The van der Waals surface area contributed by atoms with Crippen LogP contribution < -0.4 is 10.9 Å². The van der Waals surface area contributed by atoms with Gasteiger partial charge in [-0.2, -0.15) is 0 Å². The van der Waals surface area contributed by atoms with Crippen LogP contribution in [0, 0.1) is 0 Å². The molecule has 0 saturated carbocycles. The van der Waals surface area contributed by atoms with Gasteiger partial charge in [0.25, 0.3) is 5.56 Å². The van der Waals surface area contributed by atoms with Crippen molar-refractivity contribution in [3.8, 4) is 0 Å². The fourth-order valence-electron chi connectivity index (χ4n) is 3.41. The predicted molar refractivity (Wildman–Crippen MR) is 101 cm³/mol. The van der Waals surface area contributed by atoms with E-state index in [0.717, 1.165) is 19.5 Å². The summed E-state index contributed by atoms with van der Waals surface area (Å²) in [5, 5.41) is 3.38. The van der Waals surface area contributed by atoms with Gasteiger partial charge in [0.2, 0.25) is 5.91 Å². The van der Waals surface area contributed by atoms with E-state index in [9.17, 15) is 9.59 Å². The summed E-state index contributed by atoms with van der Waals surface area (Å²) >= 11 is 0. The van der Waals surface area contributed by atoms with E-state index in [1.807, 2.05) is 13.0 Å². The molecule has 6 nitrogen and oxygen atoms in total. The molecule has 0 aliphatic carbocycles. The summed E-state index contributed by atoms with van der Waals surface area (Å²) in [4.78, 5) is 33.4. The number of anilines is 1. The maximum atomic E-state index is 12.7. The van der Waals surface area contributed by atoms with E-state index in [-0.39, 0.29) is 17.5 Å². The number of aromatic nitrogens is 2. The van der Waals surface area contributed by atoms with E-state index in [1.165, 1.54) is 17.5 Å². The summed E-state index contributed by atoms with van der Waals surface area (Å²) in [6, 6.07) is 13.3. The number of rotatable bonds is 3. The number of amides is 1. The Hall–Kier alpha value is -2.99. The van der Waals surface area contributed by atoms with Crippen LogP contribution in [-0.2, 0) is 17.8 Å². The fourth-order valence-corrected chi connectivity index (χ4v) is 3.41. The van der Waals surface area contributed by atoms with Gasteiger partial charge in [0, 0.05) is 18.8 Å². The van der Waals surface area contributed by atoms with Crippen LogP contribution in [0.5, 0.6) is 0 Å². The summed E-state index contributed by atoms with van der Waals surface area (Å²) in [7, 11) is 0. The quantitative estimate of drug-likeness (QED) is 0.761. The number of nitrogens with zero attached hydrogens (tertiary/aromatic N) is 2. The minimum Gasteiger partial charge on any atom is -0.325 e. The van der Waals surface area contributed by atoms with Crippen LogP contribution in [0.3, 0.4) is 0 Å². The third kappa shape index (κ3) is 3.11. The molecule has 0 saturated heterocycles. The van der Waals surface area contributed by atoms with E-state index >= 15 is 0 Å². The van der Waals surface area contributed by atoms with Crippen LogP contribution in [0.2, 0.25) is 0 Å². The van der Waals surface area contributed by atoms with Gasteiger partial charge in [-0.3, -0.25) is 14.5 Å². The Morgan fingerprint density at radius 3 is 2.88 bits per heavy atom. The first-order valence-corrected chi connectivity index (χ1v) is 8.71. The Morgan fingerprint density at radius 1 is 1.23 bits per heavy atom. The average Bonchev–Trinajstić information content (AvgIpc) is 2.67. The minimum atomic E-state index is -0.258. The molecule has 4 rings (SSSR count). The largest absolute Gasteiger partial charge is 0.325 e. The number of hydrogen-bond acceptors (Lipinski definition) is 4. The highest BCUT2D eigenvalue weighted by Crippen LogP contribution is 2.21. The minimum absolute atomic E-state index is 0.0796. The summed E-state index contributed by atoms with van der Waals surface area (Å²) in [6.45, 7) is 3.54. The molecule has 1 unspecified atom stereocenters. The number of hydrogen-bond donors (Lipinski definition) is 2. The number of H-pyrrole nitrogens is 1. The third-order valence-electron chi connectivity index (χ3n) is 5.00. The lowest BCUT2D eigenvalue weighted by molar-refractivity contribution is -0.121. The second-order valence-electron chi connectivity index (χ2n) is 6.62. The molecule has 0 radical (unpaired) electrons. The smallest absolute Gasteiger partial charge is 0.258 e. The zero-order valence-electron chi connectivity index (χ0n) is 14.5. The number of aromatic amines is 1. The molecule has 1 aliphatic heterocycles. The van der Waals surface area contributed by atoms with Crippen LogP contribution >= 0.6 is 0 Å². The fraction of sp³-hybridized carbons (Fsp3) is 0.250. The Bertz CT molecular complexity index is 1030. The van der Waals surface area contributed by atoms with Crippen LogP contribution in [0.25, 0.3) is 10.9 Å². The third-order valence-corrected chi connectivity index (χ3v) is 5.00. The van der Waals surface area contributed by atoms with Crippen molar-refractivity contribution in [1.29, 1.82) is 0 Å². The van der Waals surface area contributed by atoms with Crippen LogP contribution in [-0.4, -0.2) is 33.4 Å². The molecule has 1 atom stereocenters. The molecule has 1 aromatic heterocycles. The van der Waals surface area contributed by atoms with E-state index in [4.69, 9.17) is 0 Å². The first-order valence-electron chi connectivity index (χ1n) is 8.71. The highest BCUT2D eigenvalue weighted by molar-refractivity contribution is 5.96. The number of benzene rings is 2. The summed E-state index contributed by atoms with van der Waals surface area (Å²) in [6.07, 6.45) is 2.32. The van der Waals surface area contributed by atoms with Crippen molar-refractivity contribution in [3.63, 3.8) is 0 Å².